The molecule has 1 aromatic rings. The average molecular weight is 223 g/mol. The van der Waals surface area contributed by atoms with E-state index in [1.807, 2.05) is 0 Å². The third kappa shape index (κ3) is 2.73. The first kappa shape index (κ1) is 11.4. The molecule has 0 radical (unpaired) electrons. The highest BCUT2D eigenvalue weighted by molar-refractivity contribution is 5.36. The lowest BCUT2D eigenvalue weighted by molar-refractivity contribution is 0.296. The zero-order chi connectivity index (χ0) is 11.5. The van der Waals surface area contributed by atoms with Gasteiger partial charge in [0.25, 0.3) is 0 Å². The number of nitrogens with two attached hydrogens (primary N) is 1. The van der Waals surface area contributed by atoms with Crippen molar-refractivity contribution in [3.63, 3.8) is 0 Å². The van der Waals surface area contributed by atoms with E-state index >= 15 is 0 Å². The van der Waals surface area contributed by atoms with Gasteiger partial charge in [-0.1, -0.05) is 18.9 Å². The summed E-state index contributed by atoms with van der Waals surface area (Å²) in [4.78, 5) is 0. The van der Waals surface area contributed by atoms with E-state index < -0.39 is 0 Å². The summed E-state index contributed by atoms with van der Waals surface area (Å²) in [6.07, 6.45) is 3.69. The molecule has 2 rings (SSSR count). The minimum Gasteiger partial charge on any atom is -0.493 e. The van der Waals surface area contributed by atoms with E-state index in [9.17, 15) is 4.39 Å². The van der Waals surface area contributed by atoms with Gasteiger partial charge in [-0.3, -0.25) is 0 Å². The van der Waals surface area contributed by atoms with Gasteiger partial charge in [0.2, 0.25) is 0 Å². The lowest BCUT2D eigenvalue weighted by Gasteiger charge is -2.14. The van der Waals surface area contributed by atoms with Gasteiger partial charge in [0.05, 0.1) is 6.61 Å². The van der Waals surface area contributed by atoms with Gasteiger partial charge in [-0.25, -0.2) is 4.39 Å². The van der Waals surface area contributed by atoms with Gasteiger partial charge < -0.3 is 10.5 Å². The summed E-state index contributed by atoms with van der Waals surface area (Å²) in [6, 6.07) is 4.53. The number of hydrogen-bond donors (Lipinski definition) is 1. The number of ether oxygens (including phenoxy) is 1. The van der Waals surface area contributed by atoms with Crippen molar-refractivity contribution < 1.29 is 9.13 Å². The lowest BCUT2D eigenvalue weighted by Crippen LogP contribution is -2.11. The van der Waals surface area contributed by atoms with Crippen LogP contribution in [0.1, 0.15) is 37.8 Å². The van der Waals surface area contributed by atoms with E-state index in [0.29, 0.717) is 17.9 Å². The van der Waals surface area contributed by atoms with Gasteiger partial charge >= 0.3 is 0 Å². The van der Waals surface area contributed by atoms with Crippen LogP contribution in [0.3, 0.4) is 0 Å². The van der Waals surface area contributed by atoms with Crippen LogP contribution in [-0.2, 0) is 0 Å². The molecule has 2 N–H and O–H groups in total. The number of hydrogen-bond acceptors (Lipinski definition) is 2. The van der Waals surface area contributed by atoms with Crippen molar-refractivity contribution in [2.75, 3.05) is 6.61 Å². The Balaban J connectivity index is 2.02. The van der Waals surface area contributed by atoms with Crippen molar-refractivity contribution in [3.8, 4) is 5.75 Å². The Bertz CT molecular complexity index is 361. The molecule has 1 unspecified atom stereocenters. The van der Waals surface area contributed by atoms with E-state index in [-0.39, 0.29) is 11.9 Å². The molecule has 0 bridgehead atoms. The number of halogens is 1. The van der Waals surface area contributed by atoms with Crippen molar-refractivity contribution in [3.05, 3.63) is 29.6 Å². The Labute approximate surface area is 95.6 Å². The summed E-state index contributed by atoms with van der Waals surface area (Å²) >= 11 is 0. The van der Waals surface area contributed by atoms with Crippen LogP contribution in [0.2, 0.25) is 0 Å². The maximum atomic E-state index is 13.5. The molecule has 2 nitrogen and oxygen atoms in total. The fraction of sp³-hybridized carbons (Fsp3) is 0.538. The SMILES string of the molecule is CC(N)c1c(F)cccc1OCCC1CC1. The van der Waals surface area contributed by atoms with E-state index in [1.165, 1.54) is 18.9 Å². The highest BCUT2D eigenvalue weighted by Gasteiger charge is 2.21. The highest BCUT2D eigenvalue weighted by atomic mass is 19.1. The zero-order valence-corrected chi connectivity index (χ0v) is 9.58. The average Bonchev–Trinajstić information content (AvgIpc) is 3.01. The predicted molar refractivity (Wildman–Crippen MR) is 61.8 cm³/mol. The van der Waals surface area contributed by atoms with E-state index in [2.05, 4.69) is 0 Å². The molecule has 0 amide bonds. The number of benzene rings is 1. The Morgan fingerprint density at radius 1 is 1.50 bits per heavy atom. The number of rotatable bonds is 5. The molecule has 1 aliphatic carbocycles. The topological polar surface area (TPSA) is 35.2 Å². The maximum Gasteiger partial charge on any atom is 0.131 e. The van der Waals surface area contributed by atoms with E-state index in [1.54, 1.807) is 19.1 Å². The second-order valence-corrected chi connectivity index (χ2v) is 4.52. The molecule has 3 heteroatoms. The first-order valence-corrected chi connectivity index (χ1v) is 5.85. The molecule has 88 valence electrons. The molecule has 16 heavy (non-hydrogen) atoms. The van der Waals surface area contributed by atoms with Crippen LogP contribution >= 0.6 is 0 Å². The van der Waals surface area contributed by atoms with Crippen molar-refractivity contribution in [2.24, 2.45) is 11.7 Å². The molecule has 1 aromatic carbocycles. The fourth-order valence-electron chi connectivity index (χ4n) is 1.83. The molecule has 1 aliphatic rings. The Morgan fingerprint density at radius 2 is 2.25 bits per heavy atom. The molecule has 0 aliphatic heterocycles. The zero-order valence-electron chi connectivity index (χ0n) is 9.58. The maximum absolute atomic E-state index is 13.5. The molecule has 0 aromatic heterocycles. The minimum atomic E-state index is -0.336. The molecular weight excluding hydrogens is 205 g/mol. The fourth-order valence-corrected chi connectivity index (χ4v) is 1.83. The summed E-state index contributed by atoms with van der Waals surface area (Å²) in [6.45, 7) is 2.43. The first-order valence-electron chi connectivity index (χ1n) is 5.85. The summed E-state index contributed by atoms with van der Waals surface area (Å²) in [5.74, 6) is 1.14. The van der Waals surface area contributed by atoms with Gasteiger partial charge in [-0.05, 0) is 31.4 Å². The highest BCUT2D eigenvalue weighted by Crippen LogP contribution is 2.33. The third-order valence-corrected chi connectivity index (χ3v) is 2.95. The first-order chi connectivity index (χ1) is 7.68. The summed E-state index contributed by atoms with van der Waals surface area (Å²) < 4.78 is 19.1. The van der Waals surface area contributed by atoms with Crippen LogP contribution in [0.15, 0.2) is 18.2 Å². The van der Waals surface area contributed by atoms with Crippen LogP contribution < -0.4 is 10.5 Å². The normalized spacial score (nSPS) is 17.2. The van der Waals surface area contributed by atoms with Crippen LogP contribution in [0.4, 0.5) is 4.39 Å². The molecule has 0 heterocycles. The monoisotopic (exact) mass is 223 g/mol. The molecule has 1 fully saturated rings. The third-order valence-electron chi connectivity index (χ3n) is 2.95. The summed E-state index contributed by atoms with van der Waals surface area (Å²) in [5, 5.41) is 0. The lowest BCUT2D eigenvalue weighted by atomic mass is 10.1. The van der Waals surface area contributed by atoms with Crippen LogP contribution in [0.25, 0.3) is 0 Å². The van der Waals surface area contributed by atoms with E-state index in [0.717, 1.165) is 12.3 Å². The van der Waals surface area contributed by atoms with Gasteiger partial charge in [0, 0.05) is 11.6 Å². The summed E-state index contributed by atoms with van der Waals surface area (Å²) in [5.41, 5.74) is 6.22. The Hall–Kier alpha value is -1.09. The van der Waals surface area contributed by atoms with Gasteiger partial charge in [0.15, 0.2) is 0 Å². The minimum absolute atomic E-state index is 0.279. The van der Waals surface area contributed by atoms with Gasteiger partial charge in [0.1, 0.15) is 11.6 Å². The molecular formula is C13H18FNO. The molecule has 1 atom stereocenters. The summed E-state index contributed by atoms with van der Waals surface area (Å²) in [7, 11) is 0. The van der Waals surface area contributed by atoms with Crippen molar-refractivity contribution >= 4 is 0 Å². The second kappa shape index (κ2) is 4.83. The van der Waals surface area contributed by atoms with Crippen LogP contribution in [0, 0.1) is 11.7 Å². The molecule has 0 saturated heterocycles. The molecule has 1 saturated carbocycles. The Morgan fingerprint density at radius 3 is 2.88 bits per heavy atom. The van der Waals surface area contributed by atoms with Crippen LogP contribution in [0.5, 0.6) is 5.75 Å². The molecule has 0 spiro atoms. The quantitative estimate of drug-likeness (QED) is 0.832. The standard InChI is InChI=1S/C13H18FNO/c1-9(15)13-11(14)3-2-4-12(13)16-8-7-10-5-6-10/h2-4,9-10H,5-8,15H2,1H3. The van der Waals surface area contributed by atoms with Crippen LogP contribution in [-0.4, -0.2) is 6.61 Å². The smallest absolute Gasteiger partial charge is 0.131 e. The van der Waals surface area contributed by atoms with Gasteiger partial charge in [-0.2, -0.15) is 0 Å². The predicted octanol–water partition coefficient (Wildman–Crippen LogP) is 3.02. The van der Waals surface area contributed by atoms with Crippen molar-refractivity contribution in [1.29, 1.82) is 0 Å². The van der Waals surface area contributed by atoms with E-state index in [4.69, 9.17) is 10.5 Å². The van der Waals surface area contributed by atoms with Gasteiger partial charge in [-0.15, -0.1) is 0 Å². The second-order valence-electron chi connectivity index (χ2n) is 4.52. The largest absolute Gasteiger partial charge is 0.493 e. The van der Waals surface area contributed by atoms with Crippen molar-refractivity contribution in [1.82, 2.24) is 0 Å². The Kier molecular flexibility index (Phi) is 3.44. The van der Waals surface area contributed by atoms with Crippen molar-refractivity contribution in [2.45, 2.75) is 32.2 Å².